The Kier molecular flexibility index (Phi) is 14.9. The van der Waals surface area contributed by atoms with Crippen molar-refractivity contribution in [2.75, 3.05) is 5.32 Å². The number of fused-ring (bicyclic) bond motifs is 2. The fourth-order valence-electron chi connectivity index (χ4n) is 6.47. The molecule has 4 amide bonds. The highest BCUT2D eigenvalue weighted by Gasteiger charge is 2.34. The van der Waals surface area contributed by atoms with E-state index in [0.717, 1.165) is 35.0 Å². The third-order valence-electron chi connectivity index (χ3n) is 9.30. The van der Waals surface area contributed by atoms with Crippen molar-refractivity contribution in [3.8, 4) is 0 Å². The van der Waals surface area contributed by atoms with Crippen molar-refractivity contribution in [1.29, 1.82) is 0 Å². The molecule has 5 N–H and O–H groups in total. The number of anilines is 1. The van der Waals surface area contributed by atoms with Crippen LogP contribution in [-0.4, -0.2) is 69.9 Å². The number of nitrogens with one attached hydrogen (secondary N) is 5. The molecule has 0 aliphatic heterocycles. The number of H-pyrrole nitrogens is 1. The average Bonchev–Trinajstić information content (AvgIpc) is 3.61. The highest BCUT2D eigenvalue weighted by atomic mass is 35.5. The van der Waals surface area contributed by atoms with Crippen molar-refractivity contribution in [2.24, 2.45) is 0 Å². The maximum atomic E-state index is 14.4. The summed E-state index contributed by atoms with van der Waals surface area (Å²) in [5.41, 5.74) is -1.53. The monoisotopic (exact) mass is 891 g/mol. The molecule has 63 heavy (non-hydrogen) atoms. The topological polar surface area (TPSA) is 185 Å². The van der Waals surface area contributed by atoms with Gasteiger partial charge in [-0.1, -0.05) is 54.1 Å². The number of alkyl halides is 3. The summed E-state index contributed by atoms with van der Waals surface area (Å²) in [6, 6.07) is 18.6. The third kappa shape index (κ3) is 14.3. The van der Waals surface area contributed by atoms with Crippen LogP contribution in [-0.2, 0) is 46.0 Å². The van der Waals surface area contributed by atoms with E-state index in [-0.39, 0.29) is 30.6 Å². The number of aromatic amines is 1. The van der Waals surface area contributed by atoms with Crippen LogP contribution in [0.5, 0.6) is 0 Å². The molecule has 0 saturated carbocycles. The van der Waals surface area contributed by atoms with E-state index in [2.05, 4.69) is 26.3 Å². The molecule has 0 bridgehead atoms. The van der Waals surface area contributed by atoms with Crippen LogP contribution in [0.15, 0.2) is 91.0 Å². The van der Waals surface area contributed by atoms with E-state index in [1.54, 1.807) is 71.9 Å². The van der Waals surface area contributed by atoms with Gasteiger partial charge in [0.15, 0.2) is 0 Å². The van der Waals surface area contributed by atoms with Gasteiger partial charge in [0.25, 0.3) is 5.91 Å². The van der Waals surface area contributed by atoms with Crippen molar-refractivity contribution in [2.45, 2.75) is 103 Å². The quantitative estimate of drug-likeness (QED) is 0.0660. The Morgan fingerprint density at radius 1 is 0.651 bits per heavy atom. The summed E-state index contributed by atoms with van der Waals surface area (Å²) in [4.78, 5) is 85.1. The number of carbonyl (C=O) groups excluding carboxylic acids is 6. The number of ether oxygens (including phenoxy) is 2. The summed E-state index contributed by atoms with van der Waals surface area (Å²) >= 11 is 6.16. The van der Waals surface area contributed by atoms with Crippen LogP contribution in [0.1, 0.15) is 82.4 Å². The smallest absolute Gasteiger partial charge is 0.416 e. The number of amides is 4. The minimum atomic E-state index is -4.64. The molecular weight excluding hydrogens is 843 g/mol. The van der Waals surface area contributed by atoms with E-state index < -0.39 is 83.1 Å². The zero-order valence-electron chi connectivity index (χ0n) is 35.5. The molecule has 13 nitrogen and oxygen atoms in total. The van der Waals surface area contributed by atoms with E-state index in [0.29, 0.717) is 21.5 Å². The van der Waals surface area contributed by atoms with Gasteiger partial charge < -0.3 is 35.7 Å². The van der Waals surface area contributed by atoms with Crippen molar-refractivity contribution in [3.63, 3.8) is 0 Å². The first-order valence-electron chi connectivity index (χ1n) is 20.0. The number of rotatable bonds is 15. The lowest BCUT2D eigenvalue weighted by Crippen LogP contribution is -2.57. The average molecular weight is 892 g/mol. The molecule has 17 heteroatoms. The summed E-state index contributed by atoms with van der Waals surface area (Å²) in [7, 11) is 0. The van der Waals surface area contributed by atoms with Crippen molar-refractivity contribution in [3.05, 3.63) is 113 Å². The minimum absolute atomic E-state index is 0.0477. The molecule has 0 saturated heterocycles. The van der Waals surface area contributed by atoms with Gasteiger partial charge in [0, 0.05) is 34.5 Å². The van der Waals surface area contributed by atoms with Gasteiger partial charge in [-0.15, -0.1) is 0 Å². The van der Waals surface area contributed by atoms with Gasteiger partial charge in [0.2, 0.25) is 17.7 Å². The first kappa shape index (κ1) is 47.6. The number of halogens is 4. The Balaban J connectivity index is 1.44. The van der Waals surface area contributed by atoms with Crippen LogP contribution in [0.4, 0.5) is 18.9 Å². The van der Waals surface area contributed by atoms with E-state index in [1.165, 1.54) is 0 Å². The van der Waals surface area contributed by atoms with Gasteiger partial charge in [-0.05, 0) is 113 Å². The minimum Gasteiger partial charge on any atom is -0.460 e. The lowest BCUT2D eigenvalue weighted by atomic mass is 10.0. The number of hydrogen-bond donors (Lipinski definition) is 5. The van der Waals surface area contributed by atoms with E-state index in [1.807, 2.05) is 36.4 Å². The number of aromatic nitrogens is 1. The Labute approximate surface area is 366 Å². The van der Waals surface area contributed by atoms with Crippen LogP contribution in [0.25, 0.3) is 21.7 Å². The fourth-order valence-corrected chi connectivity index (χ4v) is 6.65. The molecular formula is C46H49ClF3N5O8. The zero-order valence-corrected chi connectivity index (χ0v) is 36.3. The van der Waals surface area contributed by atoms with Gasteiger partial charge in [0.1, 0.15) is 35.0 Å². The summed E-state index contributed by atoms with van der Waals surface area (Å²) in [6.07, 6.45) is -6.16. The van der Waals surface area contributed by atoms with Crippen LogP contribution >= 0.6 is 11.6 Å². The molecule has 0 aliphatic rings. The van der Waals surface area contributed by atoms with Crippen LogP contribution < -0.4 is 21.3 Å². The SMILES string of the molecule is CC(C)(C)OC(=O)CC[C@H](NC(=O)[C@H](CC(=O)OC(C)(C)C)NC(=O)[C@H](Cc1ccc2ccccc2c1)NC(=O)c1cc2cc(Cl)ccc2[nH]1)C(=O)Nc1ccc(C(F)(F)F)cc1. The second-order valence-electron chi connectivity index (χ2n) is 16.9. The van der Waals surface area contributed by atoms with Gasteiger partial charge in [-0.3, -0.25) is 28.8 Å². The van der Waals surface area contributed by atoms with E-state index >= 15 is 0 Å². The Bertz CT molecular complexity index is 2490. The van der Waals surface area contributed by atoms with Crippen LogP contribution in [0.2, 0.25) is 5.02 Å². The molecule has 5 rings (SSSR count). The van der Waals surface area contributed by atoms with Gasteiger partial charge >= 0.3 is 18.1 Å². The molecule has 1 heterocycles. The van der Waals surface area contributed by atoms with E-state index in [9.17, 15) is 41.9 Å². The summed E-state index contributed by atoms with van der Waals surface area (Å²) < 4.78 is 50.5. The maximum absolute atomic E-state index is 14.4. The molecule has 0 radical (unpaired) electrons. The molecule has 0 unspecified atom stereocenters. The molecule has 3 atom stereocenters. The Morgan fingerprint density at radius 3 is 1.92 bits per heavy atom. The standard InChI is InChI=1S/C46H49ClF3N5O8/c1-44(2,3)62-38(56)20-19-34(40(58)51-32-16-13-30(14-17-32)46(48,49)50)53-43(61)37(25-39(57)63-45(4,5)6)55-41(59)35(22-26-11-12-27-9-7-8-10-28(27)21-26)54-42(60)36-24-29-23-31(47)15-18-33(29)52-36/h7-18,21,23-24,34-35,37,52H,19-20,22,25H2,1-6H3,(H,51,58)(H,53,61)(H,54,60)(H,55,59)/t34-,35-,37-/m0/s1. The van der Waals surface area contributed by atoms with Gasteiger partial charge in [-0.2, -0.15) is 13.2 Å². The largest absolute Gasteiger partial charge is 0.460 e. The van der Waals surface area contributed by atoms with Gasteiger partial charge in [0.05, 0.1) is 12.0 Å². The number of carbonyl (C=O) groups is 6. The van der Waals surface area contributed by atoms with Crippen molar-refractivity contribution in [1.82, 2.24) is 20.9 Å². The lowest BCUT2D eigenvalue weighted by Gasteiger charge is -2.26. The second-order valence-corrected chi connectivity index (χ2v) is 17.4. The molecule has 0 spiro atoms. The molecule has 1 aromatic heterocycles. The Morgan fingerprint density at radius 2 is 1.27 bits per heavy atom. The first-order valence-corrected chi connectivity index (χ1v) is 20.4. The predicted octanol–water partition coefficient (Wildman–Crippen LogP) is 7.80. The zero-order chi connectivity index (χ0) is 46.3. The summed E-state index contributed by atoms with van der Waals surface area (Å²) in [6.45, 7) is 9.71. The lowest BCUT2D eigenvalue weighted by molar-refractivity contribution is -0.157. The van der Waals surface area contributed by atoms with Crippen molar-refractivity contribution >= 4 is 74.5 Å². The summed E-state index contributed by atoms with van der Waals surface area (Å²) in [5, 5.41) is 13.1. The first-order chi connectivity index (χ1) is 29.4. The van der Waals surface area contributed by atoms with Crippen LogP contribution in [0, 0.1) is 0 Å². The van der Waals surface area contributed by atoms with Gasteiger partial charge in [-0.25, -0.2) is 0 Å². The molecule has 0 fully saturated rings. The fraction of sp³-hybridized carbons (Fsp3) is 0.348. The molecule has 4 aromatic carbocycles. The molecule has 5 aromatic rings. The maximum Gasteiger partial charge on any atom is 0.416 e. The second kappa shape index (κ2) is 19.7. The normalized spacial score (nSPS) is 13.4. The number of hydrogen-bond acceptors (Lipinski definition) is 8. The Hall–Kier alpha value is -6.42. The number of esters is 2. The predicted molar refractivity (Wildman–Crippen MR) is 232 cm³/mol. The van der Waals surface area contributed by atoms with Crippen LogP contribution in [0.3, 0.4) is 0 Å². The highest BCUT2D eigenvalue weighted by molar-refractivity contribution is 6.31. The number of benzene rings is 4. The van der Waals surface area contributed by atoms with E-state index in [4.69, 9.17) is 21.1 Å². The third-order valence-corrected chi connectivity index (χ3v) is 9.53. The summed E-state index contributed by atoms with van der Waals surface area (Å²) in [5.74, 6) is -5.12. The highest BCUT2D eigenvalue weighted by Crippen LogP contribution is 2.30. The molecule has 0 aliphatic carbocycles. The molecule has 334 valence electrons. The van der Waals surface area contributed by atoms with Crippen molar-refractivity contribution < 1.29 is 51.4 Å².